The van der Waals surface area contributed by atoms with Crippen LogP contribution >= 0.6 is 27.3 Å². The zero-order valence-electron chi connectivity index (χ0n) is 10.4. The van der Waals surface area contributed by atoms with Crippen molar-refractivity contribution in [2.24, 2.45) is 5.84 Å². The van der Waals surface area contributed by atoms with Crippen LogP contribution in [0.5, 0.6) is 0 Å². The van der Waals surface area contributed by atoms with Gasteiger partial charge in [0.2, 0.25) is 0 Å². The molecule has 0 radical (unpaired) electrons. The van der Waals surface area contributed by atoms with Gasteiger partial charge in [0, 0.05) is 15.2 Å². The molecule has 0 aliphatic heterocycles. The molecule has 1 heterocycles. The Bertz CT molecular complexity index is 756. The van der Waals surface area contributed by atoms with Crippen molar-refractivity contribution < 1.29 is 4.39 Å². The Balaban J connectivity index is 2.23. The van der Waals surface area contributed by atoms with E-state index >= 15 is 0 Å². The summed E-state index contributed by atoms with van der Waals surface area (Å²) in [4.78, 5) is 0. The van der Waals surface area contributed by atoms with Gasteiger partial charge in [0.15, 0.2) is 0 Å². The lowest BCUT2D eigenvalue weighted by Crippen LogP contribution is -2.29. The first-order valence-electron chi connectivity index (χ1n) is 6.07. The third-order valence-corrected chi connectivity index (χ3v) is 5.09. The Kier molecular flexibility index (Phi) is 3.85. The first-order chi connectivity index (χ1) is 9.72. The minimum Gasteiger partial charge on any atom is -0.271 e. The third kappa shape index (κ3) is 2.27. The van der Waals surface area contributed by atoms with E-state index in [4.69, 9.17) is 5.84 Å². The zero-order valence-corrected chi connectivity index (χ0v) is 12.8. The summed E-state index contributed by atoms with van der Waals surface area (Å²) in [6.45, 7) is 0. The van der Waals surface area contributed by atoms with Gasteiger partial charge in [-0.05, 0) is 43.9 Å². The van der Waals surface area contributed by atoms with Crippen molar-refractivity contribution in [3.63, 3.8) is 0 Å². The molecular formula is C15H12BrFN2S. The predicted octanol–water partition coefficient (Wildman–Crippen LogP) is 4.36. The van der Waals surface area contributed by atoms with Crippen molar-refractivity contribution in [1.29, 1.82) is 0 Å². The number of benzene rings is 2. The predicted molar refractivity (Wildman–Crippen MR) is 85.1 cm³/mol. The highest BCUT2D eigenvalue weighted by Crippen LogP contribution is 2.34. The summed E-state index contributed by atoms with van der Waals surface area (Å²) >= 11 is 5.12. The SMILES string of the molecule is NNC(c1cscc1Br)c1ccc(F)c2ccccc12. The molecule has 0 spiro atoms. The van der Waals surface area contributed by atoms with Crippen LogP contribution in [0.4, 0.5) is 4.39 Å². The standard InChI is InChI=1S/C15H12BrFN2S/c16-13-8-20-7-12(13)15(19-18)11-5-6-14(17)10-4-2-1-3-9(10)11/h1-8,15,19H,18H2. The fourth-order valence-corrected chi connectivity index (χ4v) is 3.93. The number of hydrogen-bond donors (Lipinski definition) is 2. The van der Waals surface area contributed by atoms with Crippen LogP contribution in [0.25, 0.3) is 10.8 Å². The molecule has 1 unspecified atom stereocenters. The molecule has 0 bridgehead atoms. The summed E-state index contributed by atoms with van der Waals surface area (Å²) in [7, 11) is 0. The molecule has 0 aliphatic rings. The van der Waals surface area contributed by atoms with Crippen LogP contribution in [-0.4, -0.2) is 0 Å². The van der Waals surface area contributed by atoms with E-state index in [0.717, 1.165) is 21.0 Å². The summed E-state index contributed by atoms with van der Waals surface area (Å²) in [6.07, 6.45) is 0. The van der Waals surface area contributed by atoms with Gasteiger partial charge in [0.25, 0.3) is 0 Å². The van der Waals surface area contributed by atoms with Gasteiger partial charge in [-0.25, -0.2) is 9.82 Å². The van der Waals surface area contributed by atoms with Gasteiger partial charge in [-0.2, -0.15) is 11.3 Å². The van der Waals surface area contributed by atoms with Gasteiger partial charge in [-0.3, -0.25) is 5.84 Å². The maximum absolute atomic E-state index is 13.9. The van der Waals surface area contributed by atoms with E-state index in [1.165, 1.54) is 6.07 Å². The molecule has 2 nitrogen and oxygen atoms in total. The summed E-state index contributed by atoms with van der Waals surface area (Å²) in [5.41, 5.74) is 4.84. The number of hydrazine groups is 1. The molecule has 0 saturated carbocycles. The summed E-state index contributed by atoms with van der Waals surface area (Å²) in [5.74, 6) is 5.52. The molecule has 0 amide bonds. The normalized spacial score (nSPS) is 12.8. The van der Waals surface area contributed by atoms with Crippen molar-refractivity contribution in [3.8, 4) is 0 Å². The van der Waals surface area contributed by atoms with Crippen LogP contribution in [0.3, 0.4) is 0 Å². The number of nitrogens with two attached hydrogens (primary N) is 1. The first kappa shape index (κ1) is 13.7. The fourth-order valence-electron chi connectivity index (χ4n) is 2.38. The average Bonchev–Trinajstić information content (AvgIpc) is 2.89. The number of hydrogen-bond acceptors (Lipinski definition) is 3. The maximum atomic E-state index is 13.9. The minimum atomic E-state index is -0.218. The molecule has 0 aliphatic carbocycles. The van der Waals surface area contributed by atoms with Crippen LogP contribution in [0, 0.1) is 5.82 Å². The first-order valence-corrected chi connectivity index (χ1v) is 7.81. The zero-order chi connectivity index (χ0) is 14.1. The molecule has 3 aromatic rings. The lowest BCUT2D eigenvalue weighted by molar-refractivity contribution is 0.627. The highest BCUT2D eigenvalue weighted by atomic mass is 79.9. The summed E-state index contributed by atoms with van der Waals surface area (Å²) < 4.78 is 14.9. The number of thiophene rings is 1. The van der Waals surface area contributed by atoms with E-state index in [0.29, 0.717) is 5.39 Å². The van der Waals surface area contributed by atoms with E-state index in [1.807, 2.05) is 29.0 Å². The van der Waals surface area contributed by atoms with Crippen molar-refractivity contribution in [2.75, 3.05) is 0 Å². The Labute approximate surface area is 128 Å². The Morgan fingerprint density at radius 1 is 1.05 bits per heavy atom. The second-order valence-electron chi connectivity index (χ2n) is 4.46. The van der Waals surface area contributed by atoms with E-state index in [9.17, 15) is 4.39 Å². The van der Waals surface area contributed by atoms with Crippen LogP contribution in [0.2, 0.25) is 0 Å². The number of halogens is 2. The smallest absolute Gasteiger partial charge is 0.131 e. The number of fused-ring (bicyclic) bond motifs is 1. The van der Waals surface area contributed by atoms with Crippen LogP contribution in [-0.2, 0) is 0 Å². The monoisotopic (exact) mass is 350 g/mol. The molecule has 5 heteroatoms. The van der Waals surface area contributed by atoms with Crippen molar-refractivity contribution in [3.05, 3.63) is 68.6 Å². The van der Waals surface area contributed by atoms with E-state index in [-0.39, 0.29) is 11.9 Å². The molecule has 3 rings (SSSR count). The molecule has 1 atom stereocenters. The van der Waals surface area contributed by atoms with Gasteiger partial charge in [0.1, 0.15) is 5.82 Å². The van der Waals surface area contributed by atoms with Gasteiger partial charge in [-0.15, -0.1) is 0 Å². The topological polar surface area (TPSA) is 38.0 Å². The molecule has 20 heavy (non-hydrogen) atoms. The lowest BCUT2D eigenvalue weighted by atomic mass is 9.95. The second-order valence-corrected chi connectivity index (χ2v) is 6.05. The Morgan fingerprint density at radius 2 is 1.80 bits per heavy atom. The number of nitrogens with one attached hydrogen (secondary N) is 1. The maximum Gasteiger partial charge on any atom is 0.131 e. The van der Waals surface area contributed by atoms with Gasteiger partial charge >= 0.3 is 0 Å². The summed E-state index contributed by atoms with van der Waals surface area (Å²) in [6, 6.07) is 10.5. The van der Waals surface area contributed by atoms with Crippen LogP contribution in [0.15, 0.2) is 51.6 Å². The van der Waals surface area contributed by atoms with E-state index < -0.39 is 0 Å². The van der Waals surface area contributed by atoms with Gasteiger partial charge in [-0.1, -0.05) is 30.3 Å². The van der Waals surface area contributed by atoms with Gasteiger partial charge in [0.05, 0.1) is 6.04 Å². The Hall–Kier alpha value is -1.27. The van der Waals surface area contributed by atoms with E-state index in [2.05, 4.69) is 21.4 Å². The van der Waals surface area contributed by atoms with E-state index in [1.54, 1.807) is 23.5 Å². The quantitative estimate of drug-likeness (QED) is 0.544. The molecular weight excluding hydrogens is 339 g/mol. The molecule has 0 saturated heterocycles. The minimum absolute atomic E-state index is 0.180. The Morgan fingerprint density at radius 3 is 2.45 bits per heavy atom. The van der Waals surface area contributed by atoms with Gasteiger partial charge < -0.3 is 0 Å². The van der Waals surface area contributed by atoms with Crippen molar-refractivity contribution in [1.82, 2.24) is 5.43 Å². The third-order valence-electron chi connectivity index (χ3n) is 3.34. The van der Waals surface area contributed by atoms with Crippen LogP contribution in [0.1, 0.15) is 17.2 Å². The molecule has 2 aromatic carbocycles. The summed E-state index contributed by atoms with van der Waals surface area (Å²) in [5, 5.41) is 5.52. The number of rotatable bonds is 3. The molecule has 1 aromatic heterocycles. The lowest BCUT2D eigenvalue weighted by Gasteiger charge is -2.18. The molecule has 3 N–H and O–H groups in total. The average molecular weight is 351 g/mol. The largest absolute Gasteiger partial charge is 0.271 e. The van der Waals surface area contributed by atoms with Crippen LogP contribution < -0.4 is 11.3 Å². The highest BCUT2D eigenvalue weighted by molar-refractivity contribution is 9.10. The second kappa shape index (κ2) is 5.61. The van der Waals surface area contributed by atoms with Crippen molar-refractivity contribution >= 4 is 38.0 Å². The highest BCUT2D eigenvalue weighted by Gasteiger charge is 2.19. The molecule has 0 fully saturated rings. The van der Waals surface area contributed by atoms with Crippen molar-refractivity contribution in [2.45, 2.75) is 6.04 Å². The fraction of sp³-hybridized carbons (Fsp3) is 0.0667. The molecule has 102 valence electrons.